The van der Waals surface area contributed by atoms with Gasteiger partial charge in [0.15, 0.2) is 0 Å². The van der Waals surface area contributed by atoms with Crippen molar-refractivity contribution < 1.29 is 4.79 Å². The molecule has 20 heavy (non-hydrogen) atoms. The van der Waals surface area contributed by atoms with Gasteiger partial charge in [-0.2, -0.15) is 0 Å². The molecular formula is C14H9ClN4O. The van der Waals surface area contributed by atoms with E-state index in [1.807, 2.05) is 6.07 Å². The Hall–Kier alpha value is -2.53. The average Bonchev–Trinajstić information content (AvgIpc) is 2.46. The summed E-state index contributed by atoms with van der Waals surface area (Å²) in [7, 11) is 0. The molecule has 6 heteroatoms. The topological polar surface area (TPSA) is 67.8 Å². The Bertz CT molecular complexity index is 785. The normalized spacial score (nSPS) is 10.4. The van der Waals surface area contributed by atoms with Gasteiger partial charge in [-0.1, -0.05) is 17.7 Å². The standard InChI is InChI=1S/C14H9ClN4O/c15-12-8-9(4-5-17-12)19-14(20)10-2-1-3-11-13(10)18-7-6-16-11/h1-8H,(H,17,19,20). The minimum absolute atomic E-state index is 0.265. The number of aromatic nitrogens is 3. The first-order chi connectivity index (χ1) is 9.74. The van der Waals surface area contributed by atoms with Crippen molar-refractivity contribution in [2.45, 2.75) is 0 Å². The highest BCUT2D eigenvalue weighted by molar-refractivity contribution is 6.29. The highest BCUT2D eigenvalue weighted by Gasteiger charge is 2.11. The van der Waals surface area contributed by atoms with Crippen LogP contribution in [0.5, 0.6) is 0 Å². The zero-order valence-corrected chi connectivity index (χ0v) is 11.0. The maximum atomic E-state index is 12.3. The van der Waals surface area contributed by atoms with Crippen molar-refractivity contribution in [1.82, 2.24) is 15.0 Å². The quantitative estimate of drug-likeness (QED) is 0.735. The first-order valence-corrected chi connectivity index (χ1v) is 6.24. The van der Waals surface area contributed by atoms with E-state index in [9.17, 15) is 4.79 Å². The number of pyridine rings is 1. The van der Waals surface area contributed by atoms with E-state index in [1.54, 1.807) is 36.7 Å². The number of nitrogens with one attached hydrogen (secondary N) is 1. The third-order valence-electron chi connectivity index (χ3n) is 2.73. The van der Waals surface area contributed by atoms with Crippen molar-refractivity contribution in [3.05, 3.63) is 59.6 Å². The lowest BCUT2D eigenvalue weighted by Crippen LogP contribution is -2.13. The van der Waals surface area contributed by atoms with Gasteiger partial charge in [0.1, 0.15) is 10.7 Å². The van der Waals surface area contributed by atoms with E-state index in [0.29, 0.717) is 27.4 Å². The van der Waals surface area contributed by atoms with Gasteiger partial charge in [0.2, 0.25) is 0 Å². The highest BCUT2D eigenvalue weighted by Crippen LogP contribution is 2.17. The molecule has 3 aromatic rings. The molecule has 2 aromatic heterocycles. The van der Waals surface area contributed by atoms with Gasteiger partial charge in [-0.15, -0.1) is 0 Å². The number of hydrogen-bond acceptors (Lipinski definition) is 4. The van der Waals surface area contributed by atoms with E-state index in [0.717, 1.165) is 0 Å². The van der Waals surface area contributed by atoms with Crippen molar-refractivity contribution in [2.75, 3.05) is 5.32 Å². The summed E-state index contributed by atoms with van der Waals surface area (Å²) >= 11 is 5.78. The van der Waals surface area contributed by atoms with Crippen LogP contribution in [0.1, 0.15) is 10.4 Å². The monoisotopic (exact) mass is 284 g/mol. The predicted octanol–water partition coefficient (Wildman–Crippen LogP) is 2.93. The molecule has 1 amide bonds. The molecule has 0 fully saturated rings. The Morgan fingerprint density at radius 2 is 1.90 bits per heavy atom. The zero-order valence-electron chi connectivity index (χ0n) is 10.2. The first kappa shape index (κ1) is 12.5. The van der Waals surface area contributed by atoms with Gasteiger partial charge in [-0.05, 0) is 24.3 Å². The van der Waals surface area contributed by atoms with Crippen LogP contribution in [-0.4, -0.2) is 20.9 Å². The first-order valence-electron chi connectivity index (χ1n) is 5.87. The van der Waals surface area contributed by atoms with Crippen LogP contribution >= 0.6 is 11.6 Å². The highest BCUT2D eigenvalue weighted by atomic mass is 35.5. The second-order valence-electron chi connectivity index (χ2n) is 4.05. The van der Waals surface area contributed by atoms with Crippen LogP contribution in [0, 0.1) is 0 Å². The van der Waals surface area contributed by atoms with Crippen molar-refractivity contribution >= 4 is 34.2 Å². The molecule has 98 valence electrons. The summed E-state index contributed by atoms with van der Waals surface area (Å²) in [5.74, 6) is -0.265. The summed E-state index contributed by atoms with van der Waals surface area (Å²) in [4.78, 5) is 24.5. The van der Waals surface area contributed by atoms with Crippen molar-refractivity contribution in [3.63, 3.8) is 0 Å². The van der Waals surface area contributed by atoms with Crippen molar-refractivity contribution in [3.8, 4) is 0 Å². The molecule has 0 atom stereocenters. The number of hydrogen-bond donors (Lipinski definition) is 1. The van der Waals surface area contributed by atoms with Crippen LogP contribution < -0.4 is 5.32 Å². The predicted molar refractivity (Wildman–Crippen MR) is 76.7 cm³/mol. The molecule has 0 radical (unpaired) electrons. The zero-order chi connectivity index (χ0) is 13.9. The fraction of sp³-hybridized carbons (Fsp3) is 0. The summed E-state index contributed by atoms with van der Waals surface area (Å²) in [5, 5.41) is 3.08. The molecule has 3 rings (SSSR count). The maximum absolute atomic E-state index is 12.3. The largest absolute Gasteiger partial charge is 0.322 e. The number of fused-ring (bicyclic) bond motifs is 1. The van der Waals surface area contributed by atoms with Gasteiger partial charge < -0.3 is 5.32 Å². The van der Waals surface area contributed by atoms with E-state index in [1.165, 1.54) is 6.20 Å². The van der Waals surface area contributed by atoms with Gasteiger partial charge in [-0.3, -0.25) is 14.8 Å². The Morgan fingerprint density at radius 1 is 1.05 bits per heavy atom. The molecule has 0 saturated carbocycles. The molecule has 0 aliphatic rings. The number of nitrogens with zero attached hydrogens (tertiary/aromatic N) is 3. The average molecular weight is 285 g/mol. The van der Waals surface area contributed by atoms with Crippen molar-refractivity contribution in [2.24, 2.45) is 0 Å². The van der Waals surface area contributed by atoms with Crippen LogP contribution in [-0.2, 0) is 0 Å². The van der Waals surface area contributed by atoms with E-state index in [4.69, 9.17) is 11.6 Å². The molecule has 1 N–H and O–H groups in total. The Morgan fingerprint density at radius 3 is 2.75 bits per heavy atom. The van der Waals surface area contributed by atoms with Crippen molar-refractivity contribution in [1.29, 1.82) is 0 Å². The van der Waals surface area contributed by atoms with E-state index >= 15 is 0 Å². The molecule has 2 heterocycles. The summed E-state index contributed by atoms with van der Waals surface area (Å²) in [5.41, 5.74) is 2.28. The second-order valence-corrected chi connectivity index (χ2v) is 4.44. The number of benzene rings is 1. The Kier molecular flexibility index (Phi) is 3.26. The minimum atomic E-state index is -0.265. The number of amides is 1. The minimum Gasteiger partial charge on any atom is -0.322 e. The number of para-hydroxylation sites is 1. The summed E-state index contributed by atoms with van der Waals surface area (Å²) in [6.07, 6.45) is 4.68. The fourth-order valence-electron chi connectivity index (χ4n) is 1.85. The molecule has 0 spiro atoms. The van der Waals surface area contributed by atoms with Gasteiger partial charge in [0, 0.05) is 24.3 Å². The van der Waals surface area contributed by atoms with E-state index in [-0.39, 0.29) is 5.91 Å². The van der Waals surface area contributed by atoms with Crippen LogP contribution in [0.15, 0.2) is 48.9 Å². The van der Waals surface area contributed by atoms with Gasteiger partial charge in [0.05, 0.1) is 11.1 Å². The van der Waals surface area contributed by atoms with Gasteiger partial charge >= 0.3 is 0 Å². The molecule has 0 saturated heterocycles. The lowest BCUT2D eigenvalue weighted by molar-refractivity contribution is 0.102. The number of anilines is 1. The Balaban J connectivity index is 1.97. The summed E-state index contributed by atoms with van der Waals surface area (Å²) < 4.78 is 0. The van der Waals surface area contributed by atoms with Crippen LogP contribution in [0.25, 0.3) is 11.0 Å². The van der Waals surface area contributed by atoms with E-state index < -0.39 is 0 Å². The van der Waals surface area contributed by atoms with Crippen LogP contribution in [0.2, 0.25) is 5.15 Å². The Labute approximate surface area is 119 Å². The smallest absolute Gasteiger partial charge is 0.257 e. The number of carbonyl (C=O) groups is 1. The number of carbonyl (C=O) groups excluding carboxylic acids is 1. The third kappa shape index (κ3) is 2.44. The molecule has 5 nitrogen and oxygen atoms in total. The van der Waals surface area contributed by atoms with Crippen LogP contribution in [0.3, 0.4) is 0 Å². The molecule has 0 aliphatic carbocycles. The second kappa shape index (κ2) is 5.22. The number of rotatable bonds is 2. The maximum Gasteiger partial charge on any atom is 0.257 e. The summed E-state index contributed by atoms with van der Waals surface area (Å²) in [6, 6.07) is 8.53. The fourth-order valence-corrected chi connectivity index (χ4v) is 2.03. The molecular weight excluding hydrogens is 276 g/mol. The van der Waals surface area contributed by atoms with Gasteiger partial charge in [0.25, 0.3) is 5.91 Å². The summed E-state index contributed by atoms with van der Waals surface area (Å²) in [6.45, 7) is 0. The number of halogens is 1. The van der Waals surface area contributed by atoms with Crippen LogP contribution in [0.4, 0.5) is 5.69 Å². The molecule has 0 bridgehead atoms. The lowest BCUT2D eigenvalue weighted by atomic mass is 10.1. The molecule has 0 unspecified atom stereocenters. The SMILES string of the molecule is O=C(Nc1ccnc(Cl)c1)c1cccc2nccnc12. The molecule has 1 aromatic carbocycles. The van der Waals surface area contributed by atoms with E-state index in [2.05, 4.69) is 20.3 Å². The molecule has 0 aliphatic heterocycles. The lowest BCUT2D eigenvalue weighted by Gasteiger charge is -2.07. The van der Waals surface area contributed by atoms with Gasteiger partial charge in [-0.25, -0.2) is 4.98 Å². The third-order valence-corrected chi connectivity index (χ3v) is 2.93.